The summed E-state index contributed by atoms with van der Waals surface area (Å²) in [4.78, 5) is 15.2. The first-order valence-corrected chi connectivity index (χ1v) is 8.22. The molecule has 1 heterocycles. The molecule has 0 fully saturated rings. The smallest absolute Gasteiger partial charge is 0.311 e. The number of sulfonamides is 1. The first-order valence-electron chi connectivity index (χ1n) is 5.69. The van der Waals surface area contributed by atoms with Crippen LogP contribution in [-0.2, 0) is 26.0 Å². The van der Waals surface area contributed by atoms with Crippen molar-refractivity contribution in [1.29, 1.82) is 0 Å². The van der Waals surface area contributed by atoms with E-state index in [-0.39, 0.29) is 24.7 Å². The molecule has 0 aliphatic rings. The maximum atomic E-state index is 11.4. The Bertz CT molecular complexity index is 513. The lowest BCUT2D eigenvalue weighted by Crippen LogP contribution is -2.29. The zero-order chi connectivity index (χ0) is 14.3. The highest BCUT2D eigenvalue weighted by atomic mass is 32.2. The first kappa shape index (κ1) is 15.9. The van der Waals surface area contributed by atoms with E-state index in [1.165, 1.54) is 18.4 Å². The molecule has 0 aliphatic carbocycles. The van der Waals surface area contributed by atoms with Crippen LogP contribution >= 0.6 is 11.3 Å². The number of carbonyl (C=O) groups excluding carboxylic acids is 1. The molecule has 19 heavy (non-hydrogen) atoms. The van der Waals surface area contributed by atoms with Gasteiger partial charge in [0.15, 0.2) is 5.13 Å². The van der Waals surface area contributed by atoms with Gasteiger partial charge >= 0.3 is 5.97 Å². The van der Waals surface area contributed by atoms with Gasteiger partial charge in [0.1, 0.15) is 0 Å². The van der Waals surface area contributed by atoms with Crippen molar-refractivity contribution in [3.8, 4) is 0 Å². The number of esters is 1. The van der Waals surface area contributed by atoms with Gasteiger partial charge in [-0.3, -0.25) is 4.79 Å². The third-order valence-corrected chi connectivity index (χ3v) is 4.44. The fourth-order valence-corrected chi connectivity index (χ4v) is 2.97. The topological polar surface area (TPSA) is 97.4 Å². The quantitative estimate of drug-likeness (QED) is 0.666. The molecule has 0 atom stereocenters. The van der Waals surface area contributed by atoms with Crippen LogP contribution < -0.4 is 10.0 Å². The summed E-state index contributed by atoms with van der Waals surface area (Å²) in [7, 11) is -1.91. The van der Waals surface area contributed by atoms with E-state index in [0.717, 1.165) is 0 Å². The Morgan fingerprint density at radius 2 is 2.26 bits per heavy atom. The lowest BCUT2D eigenvalue weighted by atomic mass is 10.3. The SMILES string of the molecule is CCNS(=O)(=O)CCNc1nc(CC(=O)OC)cs1. The van der Waals surface area contributed by atoms with Crippen molar-refractivity contribution >= 4 is 32.5 Å². The van der Waals surface area contributed by atoms with Gasteiger partial charge in [0, 0.05) is 18.5 Å². The van der Waals surface area contributed by atoms with Crippen LogP contribution in [0, 0.1) is 0 Å². The predicted molar refractivity (Wildman–Crippen MR) is 73.8 cm³/mol. The molecule has 0 aliphatic heterocycles. The average Bonchev–Trinajstić information content (AvgIpc) is 2.76. The number of aromatic nitrogens is 1. The number of rotatable bonds is 8. The van der Waals surface area contributed by atoms with Crippen molar-refractivity contribution in [1.82, 2.24) is 9.71 Å². The van der Waals surface area contributed by atoms with Gasteiger partial charge < -0.3 is 10.1 Å². The van der Waals surface area contributed by atoms with E-state index < -0.39 is 10.0 Å². The van der Waals surface area contributed by atoms with Crippen molar-refractivity contribution in [2.24, 2.45) is 0 Å². The van der Waals surface area contributed by atoms with E-state index in [1.54, 1.807) is 12.3 Å². The van der Waals surface area contributed by atoms with Crippen LogP contribution in [0.1, 0.15) is 12.6 Å². The average molecular weight is 307 g/mol. The van der Waals surface area contributed by atoms with E-state index in [4.69, 9.17) is 0 Å². The van der Waals surface area contributed by atoms with Crippen molar-refractivity contribution in [3.05, 3.63) is 11.1 Å². The molecule has 2 N–H and O–H groups in total. The van der Waals surface area contributed by atoms with Crippen molar-refractivity contribution < 1.29 is 17.9 Å². The lowest BCUT2D eigenvalue weighted by Gasteiger charge is -2.04. The highest BCUT2D eigenvalue weighted by Gasteiger charge is 2.10. The third-order valence-electron chi connectivity index (χ3n) is 2.12. The number of nitrogens with one attached hydrogen (secondary N) is 2. The van der Waals surface area contributed by atoms with Gasteiger partial charge in [-0.15, -0.1) is 11.3 Å². The van der Waals surface area contributed by atoms with Gasteiger partial charge in [0.05, 0.1) is 25.0 Å². The van der Waals surface area contributed by atoms with Gasteiger partial charge in [0.25, 0.3) is 0 Å². The van der Waals surface area contributed by atoms with E-state index in [1.807, 2.05) is 0 Å². The second kappa shape index (κ2) is 7.41. The van der Waals surface area contributed by atoms with Crippen LogP contribution in [-0.4, -0.2) is 45.3 Å². The lowest BCUT2D eigenvalue weighted by molar-refractivity contribution is -0.139. The summed E-state index contributed by atoms with van der Waals surface area (Å²) in [5.74, 6) is -0.376. The molecule has 0 amide bonds. The van der Waals surface area contributed by atoms with Crippen molar-refractivity contribution in [2.75, 3.05) is 31.3 Å². The third kappa shape index (κ3) is 5.99. The number of nitrogens with zero attached hydrogens (tertiary/aromatic N) is 1. The minimum absolute atomic E-state index is 0.0211. The van der Waals surface area contributed by atoms with Crippen molar-refractivity contribution in [2.45, 2.75) is 13.3 Å². The molecule has 108 valence electrons. The summed E-state index contributed by atoms with van der Waals surface area (Å²) >= 11 is 1.32. The number of ether oxygens (including phenoxy) is 1. The Morgan fingerprint density at radius 1 is 1.53 bits per heavy atom. The molecule has 1 aromatic heterocycles. The fraction of sp³-hybridized carbons (Fsp3) is 0.600. The largest absolute Gasteiger partial charge is 0.469 e. The molecule has 1 aromatic rings. The molecule has 0 aromatic carbocycles. The molecule has 0 saturated carbocycles. The predicted octanol–water partition coefficient (Wildman–Crippen LogP) is 0.210. The van der Waals surface area contributed by atoms with E-state index in [2.05, 4.69) is 19.8 Å². The van der Waals surface area contributed by atoms with Crippen LogP contribution in [0.5, 0.6) is 0 Å². The number of carbonyl (C=O) groups is 1. The van der Waals surface area contributed by atoms with Crippen LogP contribution in [0.4, 0.5) is 5.13 Å². The number of hydrogen-bond acceptors (Lipinski definition) is 7. The molecule has 0 radical (unpaired) electrons. The maximum Gasteiger partial charge on any atom is 0.311 e. The molecular formula is C10H17N3O4S2. The summed E-state index contributed by atoms with van der Waals surface area (Å²) in [6.45, 7) is 2.37. The molecular weight excluding hydrogens is 290 g/mol. The molecule has 0 spiro atoms. The Hall–Kier alpha value is -1.19. The van der Waals surface area contributed by atoms with E-state index in [9.17, 15) is 13.2 Å². The van der Waals surface area contributed by atoms with E-state index >= 15 is 0 Å². The summed E-state index contributed by atoms with van der Waals surface area (Å²) in [6.07, 6.45) is 0.115. The molecule has 0 saturated heterocycles. The fourth-order valence-electron chi connectivity index (χ4n) is 1.27. The van der Waals surface area contributed by atoms with Crippen molar-refractivity contribution in [3.63, 3.8) is 0 Å². The molecule has 1 rings (SSSR count). The summed E-state index contributed by atoms with van der Waals surface area (Å²) in [6, 6.07) is 0. The standard InChI is InChI=1S/C10H17N3O4S2/c1-3-12-19(15,16)5-4-11-10-13-8(7-18-10)6-9(14)17-2/h7,12H,3-6H2,1-2H3,(H,11,13). The highest BCUT2D eigenvalue weighted by Crippen LogP contribution is 2.15. The van der Waals surface area contributed by atoms with Gasteiger partial charge in [-0.25, -0.2) is 18.1 Å². The summed E-state index contributed by atoms with van der Waals surface area (Å²) < 4.78 is 29.7. The number of methoxy groups -OCH3 is 1. The molecule has 9 heteroatoms. The Kier molecular flexibility index (Phi) is 6.19. The van der Waals surface area contributed by atoms with Gasteiger partial charge in [-0.05, 0) is 0 Å². The minimum Gasteiger partial charge on any atom is -0.469 e. The minimum atomic E-state index is -3.23. The highest BCUT2D eigenvalue weighted by molar-refractivity contribution is 7.89. The number of hydrogen-bond donors (Lipinski definition) is 2. The zero-order valence-electron chi connectivity index (χ0n) is 10.8. The molecule has 0 unspecified atom stereocenters. The second-order valence-electron chi connectivity index (χ2n) is 3.64. The Balaban J connectivity index is 2.40. The second-order valence-corrected chi connectivity index (χ2v) is 6.42. The van der Waals surface area contributed by atoms with Gasteiger partial charge in [0.2, 0.25) is 10.0 Å². The summed E-state index contributed by atoms with van der Waals surface area (Å²) in [5, 5.41) is 5.23. The first-order chi connectivity index (χ1) is 8.96. The monoisotopic (exact) mass is 307 g/mol. The molecule has 0 bridgehead atoms. The Labute approximate surface area is 116 Å². The van der Waals surface area contributed by atoms with Crippen LogP contribution in [0.2, 0.25) is 0 Å². The molecule has 7 nitrogen and oxygen atoms in total. The van der Waals surface area contributed by atoms with E-state index in [0.29, 0.717) is 17.4 Å². The summed E-state index contributed by atoms with van der Waals surface area (Å²) in [5.41, 5.74) is 0.605. The van der Waals surface area contributed by atoms with Gasteiger partial charge in [-0.1, -0.05) is 6.92 Å². The maximum absolute atomic E-state index is 11.4. The number of anilines is 1. The van der Waals surface area contributed by atoms with Crippen LogP contribution in [0.25, 0.3) is 0 Å². The zero-order valence-corrected chi connectivity index (χ0v) is 12.4. The van der Waals surface area contributed by atoms with Crippen LogP contribution in [0.3, 0.4) is 0 Å². The Morgan fingerprint density at radius 3 is 2.89 bits per heavy atom. The number of thiazole rings is 1. The van der Waals surface area contributed by atoms with Crippen LogP contribution in [0.15, 0.2) is 5.38 Å². The normalized spacial score (nSPS) is 11.3. The van der Waals surface area contributed by atoms with Gasteiger partial charge in [-0.2, -0.15) is 0 Å².